The van der Waals surface area contributed by atoms with Crippen molar-refractivity contribution in [1.82, 2.24) is 10.2 Å². The van der Waals surface area contributed by atoms with Crippen molar-refractivity contribution in [2.24, 2.45) is 0 Å². The molecular weight excluding hydrogens is 454 g/mol. The molecule has 0 fully saturated rings. The van der Waals surface area contributed by atoms with E-state index in [1.54, 1.807) is 23.6 Å². The molecule has 0 aliphatic heterocycles. The zero-order chi connectivity index (χ0) is 23.4. The van der Waals surface area contributed by atoms with Crippen LogP contribution in [0.1, 0.15) is 21.5 Å². The maximum Gasteiger partial charge on any atom is 0.271 e. The van der Waals surface area contributed by atoms with Crippen LogP contribution in [0.15, 0.2) is 82.4 Å². The first kappa shape index (κ1) is 23.0. The number of thiophene rings is 1. The van der Waals surface area contributed by atoms with Crippen LogP contribution in [0.2, 0.25) is 0 Å². The lowest BCUT2D eigenvalue weighted by atomic mass is 10.0. The molecular formula is C25H25N3O3S2. The Kier molecular flexibility index (Phi) is 6.78. The molecule has 0 bridgehead atoms. The Labute approximate surface area is 197 Å². The van der Waals surface area contributed by atoms with Gasteiger partial charge in [0.25, 0.3) is 15.9 Å². The van der Waals surface area contributed by atoms with Crippen LogP contribution in [0.25, 0.3) is 10.8 Å². The Hall–Kier alpha value is -3.20. The smallest absolute Gasteiger partial charge is 0.271 e. The first-order chi connectivity index (χ1) is 15.8. The summed E-state index contributed by atoms with van der Waals surface area (Å²) < 4.78 is 28.4. The van der Waals surface area contributed by atoms with Gasteiger partial charge < -0.3 is 10.2 Å². The number of benzene rings is 3. The molecule has 0 saturated carbocycles. The van der Waals surface area contributed by atoms with E-state index in [4.69, 9.17) is 0 Å². The van der Waals surface area contributed by atoms with Gasteiger partial charge >= 0.3 is 0 Å². The van der Waals surface area contributed by atoms with Gasteiger partial charge in [0, 0.05) is 13.1 Å². The van der Waals surface area contributed by atoms with Crippen molar-refractivity contribution in [2.75, 3.05) is 18.8 Å². The van der Waals surface area contributed by atoms with Crippen LogP contribution in [-0.4, -0.2) is 33.3 Å². The Morgan fingerprint density at radius 1 is 0.909 bits per heavy atom. The summed E-state index contributed by atoms with van der Waals surface area (Å²) >= 11 is 1.13. The summed E-state index contributed by atoms with van der Waals surface area (Å²) in [6.45, 7) is 1.18. The second-order valence-corrected chi connectivity index (χ2v) is 10.9. The zero-order valence-electron chi connectivity index (χ0n) is 18.4. The number of sulfonamides is 1. The van der Waals surface area contributed by atoms with Crippen LogP contribution < -0.4 is 10.0 Å². The number of nitrogens with one attached hydrogen (secondary N) is 2. The molecule has 170 valence electrons. The van der Waals surface area contributed by atoms with Gasteiger partial charge in [-0.25, -0.2) is 8.42 Å². The summed E-state index contributed by atoms with van der Waals surface area (Å²) in [5.41, 5.74) is 2.68. The minimum absolute atomic E-state index is 0.194. The summed E-state index contributed by atoms with van der Waals surface area (Å²) in [4.78, 5) is 15.2. The quantitative estimate of drug-likeness (QED) is 0.384. The van der Waals surface area contributed by atoms with Gasteiger partial charge in [0.2, 0.25) is 0 Å². The third kappa shape index (κ3) is 5.60. The molecule has 1 amide bonds. The molecule has 1 heterocycles. The van der Waals surface area contributed by atoms with E-state index >= 15 is 0 Å². The largest absolute Gasteiger partial charge is 0.348 e. The fourth-order valence-electron chi connectivity index (χ4n) is 3.53. The Morgan fingerprint density at radius 2 is 1.58 bits per heavy atom. The number of amides is 1. The molecule has 6 nitrogen and oxygen atoms in total. The summed E-state index contributed by atoms with van der Waals surface area (Å²) in [7, 11) is 0.240. The van der Waals surface area contributed by atoms with Crippen molar-refractivity contribution in [3.63, 3.8) is 0 Å². The summed E-state index contributed by atoms with van der Waals surface area (Å²) in [5.74, 6) is -0.345. The lowest BCUT2D eigenvalue weighted by Gasteiger charge is -2.14. The highest BCUT2D eigenvalue weighted by Gasteiger charge is 2.20. The standard InChI is InChI=1S/C25H25N3O3S2/c1-28(2)17-19-11-9-18(10-12-19)16-26-25(29)22-14-20-6-3-4-7-21(20)15-23(22)27-33(30,31)24-8-5-13-32-24/h3-15,27H,16-17H2,1-2H3,(H,26,29). The SMILES string of the molecule is CN(C)Cc1ccc(CNC(=O)c2cc3ccccc3cc2NS(=O)(=O)c2cccs2)cc1. The monoisotopic (exact) mass is 479 g/mol. The van der Waals surface area contributed by atoms with Crippen LogP contribution in [0, 0.1) is 0 Å². The van der Waals surface area contributed by atoms with Gasteiger partial charge in [0.1, 0.15) is 4.21 Å². The lowest BCUT2D eigenvalue weighted by molar-refractivity contribution is 0.0952. The van der Waals surface area contributed by atoms with Crippen molar-refractivity contribution in [1.29, 1.82) is 0 Å². The molecule has 2 N–H and O–H groups in total. The fraction of sp³-hybridized carbons (Fsp3) is 0.160. The molecule has 0 spiro atoms. The number of anilines is 1. The topological polar surface area (TPSA) is 78.5 Å². The van der Waals surface area contributed by atoms with E-state index in [2.05, 4.69) is 14.9 Å². The Balaban J connectivity index is 1.59. The van der Waals surface area contributed by atoms with Crippen molar-refractivity contribution in [2.45, 2.75) is 17.3 Å². The van der Waals surface area contributed by atoms with Crippen molar-refractivity contribution < 1.29 is 13.2 Å². The molecule has 0 unspecified atom stereocenters. The molecule has 0 radical (unpaired) electrons. The fourth-order valence-corrected chi connectivity index (χ4v) is 5.59. The molecule has 0 aliphatic carbocycles. The second-order valence-electron chi connectivity index (χ2n) is 8.02. The van der Waals surface area contributed by atoms with Gasteiger partial charge in [-0.15, -0.1) is 11.3 Å². The van der Waals surface area contributed by atoms with E-state index in [1.165, 1.54) is 11.6 Å². The summed E-state index contributed by atoms with van der Waals surface area (Å²) in [6, 6.07) is 22.2. The molecule has 0 aliphatic rings. The Morgan fingerprint density at radius 3 is 2.21 bits per heavy atom. The molecule has 4 rings (SSSR count). The first-order valence-corrected chi connectivity index (χ1v) is 12.8. The van der Waals surface area contributed by atoms with Crippen molar-refractivity contribution >= 4 is 43.7 Å². The molecule has 4 aromatic rings. The average molecular weight is 480 g/mol. The average Bonchev–Trinajstić information content (AvgIpc) is 3.33. The second kappa shape index (κ2) is 9.74. The van der Waals surface area contributed by atoms with Gasteiger partial charge in [0.05, 0.1) is 11.3 Å². The van der Waals surface area contributed by atoms with Gasteiger partial charge in [-0.05, 0) is 59.6 Å². The van der Waals surface area contributed by atoms with E-state index < -0.39 is 10.0 Å². The normalized spacial score (nSPS) is 11.6. The lowest BCUT2D eigenvalue weighted by Crippen LogP contribution is -2.25. The molecule has 3 aromatic carbocycles. The van der Waals surface area contributed by atoms with Gasteiger partial charge in [-0.1, -0.05) is 54.6 Å². The van der Waals surface area contributed by atoms with E-state index in [9.17, 15) is 13.2 Å². The van der Waals surface area contributed by atoms with Gasteiger partial charge in [-0.2, -0.15) is 0 Å². The number of carbonyl (C=O) groups is 1. The highest BCUT2D eigenvalue weighted by atomic mass is 32.2. The maximum atomic E-state index is 13.1. The number of fused-ring (bicyclic) bond motifs is 1. The highest BCUT2D eigenvalue weighted by molar-refractivity contribution is 7.94. The van der Waals surface area contributed by atoms with Gasteiger partial charge in [-0.3, -0.25) is 9.52 Å². The number of carbonyl (C=O) groups excluding carboxylic acids is 1. The van der Waals surface area contributed by atoms with Crippen LogP contribution in [0.3, 0.4) is 0 Å². The first-order valence-electron chi connectivity index (χ1n) is 10.4. The predicted octanol–water partition coefficient (Wildman–Crippen LogP) is 4.69. The van der Waals surface area contributed by atoms with Crippen LogP contribution in [0.4, 0.5) is 5.69 Å². The van der Waals surface area contributed by atoms with E-state index in [0.717, 1.165) is 34.2 Å². The minimum atomic E-state index is -3.79. The third-order valence-electron chi connectivity index (χ3n) is 5.11. The zero-order valence-corrected chi connectivity index (χ0v) is 20.0. The Bertz CT molecular complexity index is 1360. The van der Waals surface area contributed by atoms with E-state index in [1.807, 2.05) is 62.6 Å². The highest BCUT2D eigenvalue weighted by Crippen LogP contribution is 2.28. The maximum absolute atomic E-state index is 13.1. The number of nitrogens with zero attached hydrogens (tertiary/aromatic N) is 1. The third-order valence-corrected chi connectivity index (χ3v) is 7.87. The van der Waals surface area contributed by atoms with Crippen molar-refractivity contribution in [3.05, 3.63) is 94.9 Å². The predicted molar refractivity (Wildman–Crippen MR) is 134 cm³/mol. The molecule has 0 atom stereocenters. The summed E-state index contributed by atoms with van der Waals surface area (Å²) in [6.07, 6.45) is 0. The molecule has 8 heteroatoms. The van der Waals surface area contributed by atoms with Crippen LogP contribution >= 0.6 is 11.3 Å². The van der Waals surface area contributed by atoms with E-state index in [-0.39, 0.29) is 21.4 Å². The number of hydrogen-bond acceptors (Lipinski definition) is 5. The molecule has 1 aromatic heterocycles. The summed E-state index contributed by atoms with van der Waals surface area (Å²) in [5, 5.41) is 6.32. The van der Waals surface area contributed by atoms with Crippen molar-refractivity contribution in [3.8, 4) is 0 Å². The van der Waals surface area contributed by atoms with E-state index in [0.29, 0.717) is 6.54 Å². The number of hydrogen-bond donors (Lipinski definition) is 2. The van der Waals surface area contributed by atoms with Gasteiger partial charge in [0.15, 0.2) is 0 Å². The van der Waals surface area contributed by atoms with Crippen LogP contribution in [-0.2, 0) is 23.1 Å². The van der Waals surface area contributed by atoms with Crippen LogP contribution in [0.5, 0.6) is 0 Å². The minimum Gasteiger partial charge on any atom is -0.348 e. The molecule has 33 heavy (non-hydrogen) atoms. The molecule has 0 saturated heterocycles. The number of rotatable bonds is 8.